The molecule has 0 spiro atoms. The Hall–Kier alpha value is -0.250. The van der Waals surface area contributed by atoms with Crippen LogP contribution in [0.25, 0.3) is 0 Å². The second-order valence-corrected chi connectivity index (χ2v) is 3.90. The molecule has 0 saturated carbocycles. The van der Waals surface area contributed by atoms with Gasteiger partial charge in [0.1, 0.15) is 0 Å². The van der Waals surface area contributed by atoms with Gasteiger partial charge in [-0.25, -0.2) is 0 Å². The average molecular weight is 226 g/mol. The van der Waals surface area contributed by atoms with Gasteiger partial charge in [0.05, 0.1) is 0 Å². The van der Waals surface area contributed by atoms with Crippen LogP contribution in [0.2, 0.25) is 0 Å². The third-order valence-electron chi connectivity index (χ3n) is 1.39. The largest absolute Gasteiger partial charge is 0.333 e. The molecule has 0 aliphatic carbocycles. The highest BCUT2D eigenvalue weighted by Gasteiger charge is 1.99. The van der Waals surface area contributed by atoms with Crippen LogP contribution in [0.1, 0.15) is 0 Å². The molecule has 0 heterocycles. The summed E-state index contributed by atoms with van der Waals surface area (Å²) in [4.78, 5) is 0. The highest BCUT2D eigenvalue weighted by molar-refractivity contribution is 7.83. The summed E-state index contributed by atoms with van der Waals surface area (Å²) in [5.74, 6) is 0. The molecular formula is C6H18N4O3S. The molecule has 0 aliphatic heterocycles. The van der Waals surface area contributed by atoms with E-state index in [1.165, 1.54) is 0 Å². The molecule has 7 nitrogen and oxygen atoms in total. The summed E-state index contributed by atoms with van der Waals surface area (Å²) in [6.07, 6.45) is 0. The van der Waals surface area contributed by atoms with Crippen molar-refractivity contribution >= 4 is 10.3 Å². The first-order chi connectivity index (χ1) is 6.56. The molecule has 0 aliphatic rings. The first-order valence-electron chi connectivity index (χ1n) is 4.40. The van der Waals surface area contributed by atoms with Crippen molar-refractivity contribution < 1.29 is 13.0 Å². The second kappa shape index (κ2) is 8.09. The van der Waals surface area contributed by atoms with Gasteiger partial charge in [0.2, 0.25) is 0 Å². The van der Waals surface area contributed by atoms with Crippen molar-refractivity contribution in [1.82, 2.24) is 15.4 Å². The van der Waals surface area contributed by atoms with E-state index >= 15 is 0 Å². The second-order valence-electron chi connectivity index (χ2n) is 2.66. The minimum Gasteiger partial charge on any atom is -0.329 e. The van der Waals surface area contributed by atoms with E-state index in [0.29, 0.717) is 13.1 Å². The standard InChI is InChI=1S/C6H18N4O3S/c7-1-2-8-3-4-9-5-6-10-14(11,12)13/h8-10H,1-7H2,(H,11,12,13). The van der Waals surface area contributed by atoms with Gasteiger partial charge in [-0.15, -0.1) is 0 Å². The van der Waals surface area contributed by atoms with Crippen molar-refractivity contribution in [3.05, 3.63) is 0 Å². The fourth-order valence-electron chi connectivity index (χ4n) is 0.797. The minimum atomic E-state index is -4.05. The van der Waals surface area contributed by atoms with Gasteiger partial charge in [0.25, 0.3) is 0 Å². The summed E-state index contributed by atoms with van der Waals surface area (Å²) in [7, 11) is -4.05. The Balaban J connectivity index is 3.07. The van der Waals surface area contributed by atoms with Gasteiger partial charge in [-0.1, -0.05) is 0 Å². The molecule has 0 saturated heterocycles. The van der Waals surface area contributed by atoms with Gasteiger partial charge in [-0.05, 0) is 0 Å². The van der Waals surface area contributed by atoms with Gasteiger partial charge < -0.3 is 16.4 Å². The summed E-state index contributed by atoms with van der Waals surface area (Å²) in [6, 6.07) is 0. The molecule has 0 atom stereocenters. The molecule has 6 N–H and O–H groups in total. The average Bonchev–Trinajstić information content (AvgIpc) is 2.08. The van der Waals surface area contributed by atoms with E-state index in [0.717, 1.165) is 19.6 Å². The third kappa shape index (κ3) is 11.8. The zero-order chi connectivity index (χ0) is 10.9. The third-order valence-corrected chi connectivity index (χ3v) is 1.95. The van der Waals surface area contributed by atoms with Crippen LogP contribution < -0.4 is 21.1 Å². The maximum atomic E-state index is 10.2. The Morgan fingerprint density at radius 3 is 2.00 bits per heavy atom. The van der Waals surface area contributed by atoms with Crippen molar-refractivity contribution in [2.45, 2.75) is 0 Å². The molecule has 0 amide bonds. The van der Waals surface area contributed by atoms with Crippen LogP contribution in [0.4, 0.5) is 0 Å². The topological polar surface area (TPSA) is 116 Å². The summed E-state index contributed by atoms with van der Waals surface area (Å²) < 4.78 is 30.6. The van der Waals surface area contributed by atoms with Crippen LogP contribution in [0.15, 0.2) is 0 Å². The van der Waals surface area contributed by atoms with E-state index in [9.17, 15) is 8.42 Å². The Morgan fingerprint density at radius 2 is 1.50 bits per heavy atom. The number of hydrogen-bond acceptors (Lipinski definition) is 5. The smallest absolute Gasteiger partial charge is 0.329 e. The van der Waals surface area contributed by atoms with Gasteiger partial charge in [0, 0.05) is 39.3 Å². The predicted octanol–water partition coefficient (Wildman–Crippen LogP) is -2.48. The fraction of sp³-hybridized carbons (Fsp3) is 1.00. The molecule has 0 unspecified atom stereocenters. The maximum Gasteiger partial charge on any atom is 0.333 e. The highest BCUT2D eigenvalue weighted by atomic mass is 32.2. The Labute approximate surface area is 84.3 Å². The minimum absolute atomic E-state index is 0.176. The first-order valence-corrected chi connectivity index (χ1v) is 5.84. The van der Waals surface area contributed by atoms with Crippen LogP contribution in [-0.2, 0) is 10.3 Å². The Kier molecular flexibility index (Phi) is 7.95. The van der Waals surface area contributed by atoms with Crippen LogP contribution in [0.3, 0.4) is 0 Å². The zero-order valence-corrected chi connectivity index (χ0v) is 8.81. The lowest BCUT2D eigenvalue weighted by Gasteiger charge is -2.05. The SMILES string of the molecule is NCCNCCNCCNS(=O)(=O)O. The molecule has 14 heavy (non-hydrogen) atoms. The molecule has 0 fully saturated rings. The van der Waals surface area contributed by atoms with E-state index < -0.39 is 10.3 Å². The van der Waals surface area contributed by atoms with Crippen LogP contribution >= 0.6 is 0 Å². The van der Waals surface area contributed by atoms with Crippen LogP contribution in [0, 0.1) is 0 Å². The lowest BCUT2D eigenvalue weighted by atomic mass is 10.5. The van der Waals surface area contributed by atoms with Crippen molar-refractivity contribution in [1.29, 1.82) is 0 Å². The van der Waals surface area contributed by atoms with Crippen molar-refractivity contribution in [3.63, 3.8) is 0 Å². The van der Waals surface area contributed by atoms with Gasteiger partial charge in [0.15, 0.2) is 0 Å². The van der Waals surface area contributed by atoms with E-state index in [2.05, 4.69) is 10.6 Å². The monoisotopic (exact) mass is 226 g/mol. The highest BCUT2D eigenvalue weighted by Crippen LogP contribution is 1.69. The lowest BCUT2D eigenvalue weighted by Crippen LogP contribution is -2.35. The molecular weight excluding hydrogens is 208 g/mol. The molecule has 8 heteroatoms. The molecule has 0 aromatic carbocycles. The van der Waals surface area contributed by atoms with E-state index in [4.69, 9.17) is 10.3 Å². The summed E-state index contributed by atoms with van der Waals surface area (Å²) in [5.41, 5.74) is 5.25. The van der Waals surface area contributed by atoms with Gasteiger partial charge in [-0.3, -0.25) is 4.55 Å². The number of rotatable bonds is 9. The van der Waals surface area contributed by atoms with Crippen molar-refractivity contribution in [2.24, 2.45) is 5.73 Å². The normalized spacial score (nSPS) is 11.9. The van der Waals surface area contributed by atoms with E-state index in [-0.39, 0.29) is 6.54 Å². The molecule has 0 radical (unpaired) electrons. The van der Waals surface area contributed by atoms with Crippen LogP contribution in [-0.4, -0.2) is 52.2 Å². The number of nitrogens with two attached hydrogens (primary N) is 1. The summed E-state index contributed by atoms with van der Waals surface area (Å²) in [6.45, 7) is 3.53. The van der Waals surface area contributed by atoms with Crippen molar-refractivity contribution in [2.75, 3.05) is 39.3 Å². The predicted molar refractivity (Wildman–Crippen MR) is 54.3 cm³/mol. The molecule has 0 aromatic rings. The van der Waals surface area contributed by atoms with Gasteiger partial charge in [-0.2, -0.15) is 13.1 Å². The Bertz CT molecular complexity index is 219. The molecule has 86 valence electrons. The Morgan fingerprint density at radius 1 is 1.00 bits per heavy atom. The van der Waals surface area contributed by atoms with Gasteiger partial charge >= 0.3 is 10.3 Å². The summed E-state index contributed by atoms with van der Waals surface area (Å²) in [5, 5.41) is 6.04. The quantitative estimate of drug-likeness (QED) is 0.219. The number of hydrogen-bond donors (Lipinski definition) is 5. The first kappa shape index (κ1) is 13.8. The maximum absolute atomic E-state index is 10.2. The fourth-order valence-corrected chi connectivity index (χ4v) is 1.16. The summed E-state index contributed by atoms with van der Waals surface area (Å²) >= 11 is 0. The van der Waals surface area contributed by atoms with Crippen LogP contribution in [0.5, 0.6) is 0 Å². The molecule has 0 bridgehead atoms. The number of nitrogens with one attached hydrogen (secondary N) is 3. The molecule has 0 rings (SSSR count). The lowest BCUT2D eigenvalue weighted by molar-refractivity contribution is 0.466. The zero-order valence-electron chi connectivity index (χ0n) is 7.99. The van der Waals surface area contributed by atoms with E-state index in [1.54, 1.807) is 0 Å². The van der Waals surface area contributed by atoms with E-state index in [1.807, 2.05) is 4.72 Å². The van der Waals surface area contributed by atoms with Crippen molar-refractivity contribution in [3.8, 4) is 0 Å². The molecule has 0 aromatic heterocycles.